The third-order valence-electron chi connectivity index (χ3n) is 1.97. The molecule has 0 saturated carbocycles. The number of halogens is 3. The van der Waals surface area contributed by atoms with E-state index in [2.05, 4.69) is 41.8 Å². The largest absolute Gasteiger partial charge is 0.310 e. The maximum atomic E-state index is 11.7. The lowest BCUT2D eigenvalue weighted by Crippen LogP contribution is -2.29. The molecule has 0 bridgehead atoms. The number of amides is 1. The van der Waals surface area contributed by atoms with E-state index in [1.165, 1.54) is 11.1 Å². The molecule has 0 aromatic carbocycles. The van der Waals surface area contributed by atoms with Crippen LogP contribution in [0.3, 0.4) is 0 Å². The summed E-state index contributed by atoms with van der Waals surface area (Å²) in [5.41, 5.74) is 1.18. The second-order valence-electron chi connectivity index (χ2n) is 2.81. The number of likely N-dealkylation sites (N-methyl/N-ethyl adjacent to an activating group) is 1. The first-order valence-electron chi connectivity index (χ1n) is 3.63. The van der Waals surface area contributed by atoms with E-state index in [0.29, 0.717) is 11.4 Å². The lowest BCUT2D eigenvalue weighted by molar-refractivity contribution is -0.117. The third-order valence-corrected chi connectivity index (χ3v) is 3.58. The van der Waals surface area contributed by atoms with E-state index in [1.807, 2.05) is 0 Å². The standard InChI is InChI=1S/C7H4Br2ClN3O/c1-13-3-2-11-6(10)12-4(3)7(8,9)5(13)14/h2H,1H3. The summed E-state index contributed by atoms with van der Waals surface area (Å²) in [6.45, 7) is 0. The van der Waals surface area contributed by atoms with Crippen LogP contribution in [0.25, 0.3) is 0 Å². The Balaban J connectivity index is 2.69. The average molecular weight is 341 g/mol. The smallest absolute Gasteiger partial charge is 0.260 e. The van der Waals surface area contributed by atoms with Gasteiger partial charge >= 0.3 is 0 Å². The number of fused-ring (bicyclic) bond motifs is 1. The average Bonchev–Trinajstić information content (AvgIpc) is 2.29. The molecule has 14 heavy (non-hydrogen) atoms. The van der Waals surface area contributed by atoms with Crippen molar-refractivity contribution in [3.8, 4) is 0 Å². The SMILES string of the molecule is CN1C(=O)C(Br)(Br)c2nc(Cl)ncc21. The summed E-state index contributed by atoms with van der Waals surface area (Å²) in [7, 11) is 1.66. The molecule has 1 aliphatic rings. The Labute approximate surface area is 102 Å². The molecule has 0 radical (unpaired) electrons. The van der Waals surface area contributed by atoms with Crippen LogP contribution in [0.2, 0.25) is 5.28 Å². The second kappa shape index (κ2) is 3.15. The lowest BCUT2D eigenvalue weighted by Gasteiger charge is -2.11. The van der Waals surface area contributed by atoms with Gasteiger partial charge in [-0.2, -0.15) is 0 Å². The molecule has 4 nitrogen and oxygen atoms in total. The molecule has 0 aliphatic carbocycles. The molecule has 0 fully saturated rings. The van der Waals surface area contributed by atoms with Crippen molar-refractivity contribution in [2.45, 2.75) is 3.23 Å². The van der Waals surface area contributed by atoms with Crippen molar-refractivity contribution >= 4 is 55.1 Å². The minimum absolute atomic E-state index is 0.120. The minimum Gasteiger partial charge on any atom is -0.310 e. The van der Waals surface area contributed by atoms with Gasteiger partial charge in [0.25, 0.3) is 5.91 Å². The van der Waals surface area contributed by atoms with Crippen LogP contribution < -0.4 is 4.90 Å². The van der Waals surface area contributed by atoms with Crippen molar-refractivity contribution in [2.24, 2.45) is 0 Å². The van der Waals surface area contributed by atoms with Crippen molar-refractivity contribution in [2.75, 3.05) is 11.9 Å². The molecule has 2 heterocycles. The highest BCUT2D eigenvalue weighted by Gasteiger charge is 2.48. The topological polar surface area (TPSA) is 46.1 Å². The van der Waals surface area contributed by atoms with E-state index in [4.69, 9.17) is 11.6 Å². The lowest BCUT2D eigenvalue weighted by atomic mass is 10.3. The van der Waals surface area contributed by atoms with E-state index in [1.54, 1.807) is 7.05 Å². The van der Waals surface area contributed by atoms with Crippen LogP contribution in [0.15, 0.2) is 6.20 Å². The number of carbonyl (C=O) groups is 1. The molecule has 7 heteroatoms. The molecule has 0 atom stereocenters. The van der Waals surface area contributed by atoms with E-state index >= 15 is 0 Å². The molecule has 0 N–H and O–H groups in total. The fraction of sp³-hybridized carbons (Fsp3) is 0.286. The minimum atomic E-state index is -0.976. The molecule has 2 rings (SSSR count). The molecule has 1 amide bonds. The number of aromatic nitrogens is 2. The molecule has 0 unspecified atom stereocenters. The highest BCUT2D eigenvalue weighted by molar-refractivity contribution is 9.25. The summed E-state index contributed by atoms with van der Waals surface area (Å²) in [6.07, 6.45) is 1.52. The molecule has 74 valence electrons. The van der Waals surface area contributed by atoms with Crippen LogP contribution in [-0.4, -0.2) is 22.9 Å². The zero-order chi connectivity index (χ0) is 10.5. The molecule has 1 aromatic rings. The van der Waals surface area contributed by atoms with Crippen LogP contribution >= 0.6 is 43.5 Å². The van der Waals surface area contributed by atoms with Gasteiger partial charge in [0.15, 0.2) is 0 Å². The van der Waals surface area contributed by atoms with Crippen LogP contribution in [0.4, 0.5) is 5.69 Å². The zero-order valence-corrected chi connectivity index (χ0v) is 10.9. The van der Waals surface area contributed by atoms with Gasteiger partial charge in [-0.25, -0.2) is 9.97 Å². The molecule has 1 aromatic heterocycles. The monoisotopic (exact) mass is 339 g/mol. The number of nitrogens with zero attached hydrogens (tertiary/aromatic N) is 3. The number of alkyl halides is 2. The van der Waals surface area contributed by atoms with Gasteiger partial charge < -0.3 is 4.90 Å². The summed E-state index contributed by atoms with van der Waals surface area (Å²) in [5, 5.41) is 0.120. The van der Waals surface area contributed by atoms with Crippen LogP contribution in [0.5, 0.6) is 0 Å². The van der Waals surface area contributed by atoms with Crippen LogP contribution in [0.1, 0.15) is 5.69 Å². The zero-order valence-electron chi connectivity index (χ0n) is 6.96. The van der Waals surface area contributed by atoms with E-state index < -0.39 is 3.23 Å². The summed E-state index contributed by atoms with van der Waals surface area (Å²) < 4.78 is -0.976. The number of anilines is 1. The number of hydrogen-bond acceptors (Lipinski definition) is 3. The Morgan fingerprint density at radius 2 is 2.21 bits per heavy atom. The fourth-order valence-corrected chi connectivity index (χ4v) is 2.50. The number of hydrogen-bond donors (Lipinski definition) is 0. The Bertz CT molecular complexity index is 423. The van der Waals surface area contributed by atoms with E-state index in [0.717, 1.165) is 0 Å². The van der Waals surface area contributed by atoms with Crippen molar-refractivity contribution in [3.05, 3.63) is 17.2 Å². The van der Waals surface area contributed by atoms with Gasteiger partial charge in [0.2, 0.25) is 8.52 Å². The Hall–Kier alpha value is -0.200. The van der Waals surface area contributed by atoms with Gasteiger partial charge in [0.1, 0.15) is 5.69 Å². The van der Waals surface area contributed by atoms with E-state index in [-0.39, 0.29) is 11.2 Å². The van der Waals surface area contributed by atoms with Gasteiger partial charge in [-0.3, -0.25) is 4.79 Å². The predicted octanol–water partition coefficient (Wildman–Crippen LogP) is 2.05. The summed E-state index contributed by atoms with van der Waals surface area (Å²) >= 11 is 12.2. The van der Waals surface area contributed by atoms with Crippen LogP contribution in [0, 0.1) is 0 Å². The summed E-state index contributed by atoms with van der Waals surface area (Å²) in [5.74, 6) is -0.149. The molecule has 0 saturated heterocycles. The Morgan fingerprint density at radius 1 is 1.57 bits per heavy atom. The first kappa shape index (κ1) is 10.3. The Morgan fingerprint density at radius 3 is 2.86 bits per heavy atom. The predicted molar refractivity (Wildman–Crippen MR) is 60.0 cm³/mol. The van der Waals surface area contributed by atoms with Crippen LogP contribution in [-0.2, 0) is 8.03 Å². The normalized spacial score (nSPS) is 18.6. The van der Waals surface area contributed by atoms with Gasteiger partial charge in [0, 0.05) is 7.05 Å². The maximum Gasteiger partial charge on any atom is 0.260 e. The van der Waals surface area contributed by atoms with Gasteiger partial charge in [-0.1, -0.05) is 31.9 Å². The highest BCUT2D eigenvalue weighted by atomic mass is 79.9. The third kappa shape index (κ3) is 1.28. The quantitative estimate of drug-likeness (QED) is 0.536. The Kier molecular flexibility index (Phi) is 2.32. The van der Waals surface area contributed by atoms with Crippen molar-refractivity contribution in [3.63, 3.8) is 0 Å². The molecular weight excluding hydrogens is 337 g/mol. The van der Waals surface area contributed by atoms with Gasteiger partial charge in [-0.05, 0) is 11.6 Å². The first-order valence-corrected chi connectivity index (χ1v) is 5.60. The highest BCUT2D eigenvalue weighted by Crippen LogP contribution is 2.48. The van der Waals surface area contributed by atoms with Gasteiger partial charge in [0.05, 0.1) is 11.9 Å². The maximum absolute atomic E-state index is 11.7. The van der Waals surface area contributed by atoms with Gasteiger partial charge in [-0.15, -0.1) is 0 Å². The number of carbonyl (C=O) groups excluding carboxylic acids is 1. The van der Waals surface area contributed by atoms with Crippen molar-refractivity contribution in [1.29, 1.82) is 0 Å². The molecule has 1 aliphatic heterocycles. The van der Waals surface area contributed by atoms with E-state index in [9.17, 15) is 4.79 Å². The molecule has 0 spiro atoms. The fourth-order valence-electron chi connectivity index (χ4n) is 1.25. The van der Waals surface area contributed by atoms with Crippen molar-refractivity contribution in [1.82, 2.24) is 9.97 Å². The summed E-state index contributed by atoms with van der Waals surface area (Å²) in [6, 6.07) is 0. The molecular formula is C7H4Br2ClN3O. The van der Waals surface area contributed by atoms with Crippen molar-refractivity contribution < 1.29 is 4.79 Å². The first-order chi connectivity index (χ1) is 6.44. The summed E-state index contributed by atoms with van der Waals surface area (Å²) in [4.78, 5) is 21.0. The number of rotatable bonds is 0. The second-order valence-corrected chi connectivity index (χ2v) is 6.59.